The molecule has 1 atom stereocenters. The summed E-state index contributed by atoms with van der Waals surface area (Å²) in [6.45, 7) is 5.58. The Balaban J connectivity index is 1.77. The number of aromatic nitrogens is 4. The maximum Gasteiger partial charge on any atom is 0.280 e. The maximum atomic E-state index is 5.76. The Morgan fingerprint density at radius 2 is 2.24 bits per heavy atom. The summed E-state index contributed by atoms with van der Waals surface area (Å²) in [5.74, 6) is 1.06. The molecule has 2 aromatic heterocycles. The third kappa shape index (κ3) is 3.01. The van der Waals surface area contributed by atoms with E-state index in [1.165, 1.54) is 12.4 Å². The molecular formula is C13H18N6O2. The number of nitrogen functional groups attached to an aromatic ring is 1. The van der Waals surface area contributed by atoms with Gasteiger partial charge in [0, 0.05) is 25.5 Å². The first-order chi connectivity index (χ1) is 10.3. The molecule has 0 spiro atoms. The molecule has 3 rings (SSSR count). The summed E-state index contributed by atoms with van der Waals surface area (Å²) >= 11 is 0. The van der Waals surface area contributed by atoms with E-state index in [1.807, 2.05) is 0 Å². The van der Waals surface area contributed by atoms with Gasteiger partial charge in [0.25, 0.3) is 5.89 Å². The molecule has 3 heterocycles. The highest BCUT2D eigenvalue weighted by atomic mass is 16.5. The van der Waals surface area contributed by atoms with Crippen LogP contribution in [-0.2, 0) is 4.74 Å². The third-order valence-electron chi connectivity index (χ3n) is 3.35. The number of hydrogen-bond acceptors (Lipinski definition) is 8. The standard InChI is InChI=1S/C13H18N6O2/c1-2-5-19-6-7-20-9(8-19)12-17-13(21-18-12)10-11(14)16-4-3-15-10/h3-4,9H,2,5-8H2,1H3,(H2,14,16). The van der Waals surface area contributed by atoms with Gasteiger partial charge in [-0.2, -0.15) is 4.98 Å². The number of hydrogen-bond donors (Lipinski definition) is 1. The van der Waals surface area contributed by atoms with Crippen LogP contribution in [0.4, 0.5) is 5.82 Å². The molecule has 8 heteroatoms. The second-order valence-corrected chi connectivity index (χ2v) is 4.91. The molecule has 1 aliphatic heterocycles. The van der Waals surface area contributed by atoms with Crippen LogP contribution in [0.1, 0.15) is 25.3 Å². The highest BCUT2D eigenvalue weighted by Gasteiger charge is 2.26. The van der Waals surface area contributed by atoms with Crippen LogP contribution < -0.4 is 5.73 Å². The second kappa shape index (κ2) is 6.15. The molecule has 0 aromatic carbocycles. The minimum absolute atomic E-state index is 0.180. The van der Waals surface area contributed by atoms with Crippen molar-refractivity contribution in [3.05, 3.63) is 18.2 Å². The van der Waals surface area contributed by atoms with E-state index >= 15 is 0 Å². The Hall–Kier alpha value is -2.06. The Morgan fingerprint density at radius 3 is 3.05 bits per heavy atom. The van der Waals surface area contributed by atoms with Crippen LogP contribution in [0.25, 0.3) is 11.6 Å². The molecule has 0 saturated carbocycles. The molecule has 0 bridgehead atoms. The van der Waals surface area contributed by atoms with Crippen molar-refractivity contribution in [2.75, 3.05) is 32.0 Å². The smallest absolute Gasteiger partial charge is 0.280 e. The summed E-state index contributed by atoms with van der Waals surface area (Å²) in [6.07, 6.45) is 3.99. The quantitative estimate of drug-likeness (QED) is 0.885. The van der Waals surface area contributed by atoms with E-state index in [9.17, 15) is 0 Å². The van der Waals surface area contributed by atoms with Gasteiger partial charge in [0.1, 0.15) is 6.10 Å². The Kier molecular flexibility index (Phi) is 4.07. The minimum Gasteiger partial charge on any atom is -0.382 e. The Morgan fingerprint density at radius 1 is 1.38 bits per heavy atom. The molecule has 8 nitrogen and oxygen atoms in total. The average molecular weight is 290 g/mol. The van der Waals surface area contributed by atoms with Crippen molar-refractivity contribution in [1.29, 1.82) is 0 Å². The molecule has 1 saturated heterocycles. The van der Waals surface area contributed by atoms with E-state index in [4.69, 9.17) is 15.0 Å². The maximum absolute atomic E-state index is 5.76. The fraction of sp³-hybridized carbons (Fsp3) is 0.538. The number of nitrogens with zero attached hydrogens (tertiary/aromatic N) is 5. The van der Waals surface area contributed by atoms with Gasteiger partial charge in [-0.25, -0.2) is 9.97 Å². The summed E-state index contributed by atoms with van der Waals surface area (Å²) in [6, 6.07) is 0. The molecule has 21 heavy (non-hydrogen) atoms. The number of nitrogens with two attached hydrogens (primary N) is 1. The van der Waals surface area contributed by atoms with Crippen LogP contribution in [-0.4, -0.2) is 51.2 Å². The molecule has 0 radical (unpaired) electrons. The van der Waals surface area contributed by atoms with Crippen LogP contribution in [0.5, 0.6) is 0 Å². The molecule has 2 aromatic rings. The predicted octanol–water partition coefficient (Wildman–Crippen LogP) is 0.892. The van der Waals surface area contributed by atoms with Crippen molar-refractivity contribution in [3.63, 3.8) is 0 Å². The van der Waals surface area contributed by atoms with Crippen molar-refractivity contribution in [3.8, 4) is 11.6 Å². The lowest BCUT2D eigenvalue weighted by atomic mass is 10.2. The highest BCUT2D eigenvalue weighted by molar-refractivity contribution is 5.61. The first-order valence-corrected chi connectivity index (χ1v) is 7.02. The molecule has 112 valence electrons. The van der Waals surface area contributed by atoms with Gasteiger partial charge < -0.3 is 15.0 Å². The minimum atomic E-state index is -0.180. The van der Waals surface area contributed by atoms with Crippen molar-refractivity contribution >= 4 is 5.82 Å². The van der Waals surface area contributed by atoms with Gasteiger partial charge >= 0.3 is 0 Å². The second-order valence-electron chi connectivity index (χ2n) is 4.91. The normalized spacial score (nSPS) is 19.8. The number of rotatable bonds is 4. The van der Waals surface area contributed by atoms with Gasteiger partial charge in [0.05, 0.1) is 6.61 Å². The van der Waals surface area contributed by atoms with Crippen molar-refractivity contribution in [2.24, 2.45) is 0 Å². The molecule has 1 unspecified atom stereocenters. The van der Waals surface area contributed by atoms with Gasteiger partial charge in [0.2, 0.25) is 5.82 Å². The molecule has 0 amide bonds. The highest BCUT2D eigenvalue weighted by Crippen LogP contribution is 2.24. The van der Waals surface area contributed by atoms with Gasteiger partial charge in [-0.05, 0) is 13.0 Å². The fourth-order valence-electron chi connectivity index (χ4n) is 2.35. The van der Waals surface area contributed by atoms with Gasteiger partial charge in [-0.3, -0.25) is 4.90 Å². The first kappa shape index (κ1) is 13.9. The number of ether oxygens (including phenoxy) is 1. The summed E-state index contributed by atoms with van der Waals surface area (Å²) in [5, 5.41) is 3.99. The summed E-state index contributed by atoms with van der Waals surface area (Å²) in [4.78, 5) is 14.8. The van der Waals surface area contributed by atoms with Crippen molar-refractivity contribution < 1.29 is 9.26 Å². The average Bonchev–Trinajstić information content (AvgIpc) is 2.98. The zero-order valence-electron chi connectivity index (χ0n) is 11.9. The van der Waals surface area contributed by atoms with Gasteiger partial charge in [-0.1, -0.05) is 12.1 Å². The van der Waals surface area contributed by atoms with E-state index in [1.54, 1.807) is 0 Å². The lowest BCUT2D eigenvalue weighted by molar-refractivity contribution is -0.0350. The monoisotopic (exact) mass is 290 g/mol. The summed E-state index contributed by atoms with van der Waals surface area (Å²) in [5.41, 5.74) is 6.16. The molecular weight excluding hydrogens is 272 g/mol. The van der Waals surface area contributed by atoms with Crippen LogP contribution in [0.3, 0.4) is 0 Å². The van der Waals surface area contributed by atoms with Crippen LogP contribution in [0.2, 0.25) is 0 Å². The number of morpholine rings is 1. The van der Waals surface area contributed by atoms with Gasteiger partial charge in [0.15, 0.2) is 11.5 Å². The Bertz CT molecular complexity index is 600. The van der Waals surface area contributed by atoms with E-state index in [-0.39, 0.29) is 17.8 Å². The van der Waals surface area contributed by atoms with Crippen molar-refractivity contribution in [1.82, 2.24) is 25.0 Å². The molecule has 2 N–H and O–H groups in total. The van der Waals surface area contributed by atoms with Crippen molar-refractivity contribution in [2.45, 2.75) is 19.4 Å². The molecule has 0 aliphatic carbocycles. The largest absolute Gasteiger partial charge is 0.382 e. The zero-order valence-corrected chi connectivity index (χ0v) is 11.9. The van der Waals surface area contributed by atoms with E-state index in [0.717, 1.165) is 26.1 Å². The fourth-order valence-corrected chi connectivity index (χ4v) is 2.35. The van der Waals surface area contributed by atoms with Crippen LogP contribution in [0, 0.1) is 0 Å². The van der Waals surface area contributed by atoms with Crippen LogP contribution >= 0.6 is 0 Å². The van der Waals surface area contributed by atoms with E-state index < -0.39 is 0 Å². The summed E-state index contributed by atoms with van der Waals surface area (Å²) in [7, 11) is 0. The van der Waals surface area contributed by atoms with E-state index in [2.05, 4.69) is 31.9 Å². The first-order valence-electron chi connectivity index (χ1n) is 7.02. The lowest BCUT2D eigenvalue weighted by Gasteiger charge is -2.30. The zero-order chi connectivity index (χ0) is 14.7. The van der Waals surface area contributed by atoms with E-state index in [0.29, 0.717) is 18.1 Å². The van der Waals surface area contributed by atoms with Gasteiger partial charge in [-0.15, -0.1) is 0 Å². The molecule has 1 fully saturated rings. The third-order valence-corrected chi connectivity index (χ3v) is 3.35. The molecule has 1 aliphatic rings. The van der Waals surface area contributed by atoms with Crippen LogP contribution in [0.15, 0.2) is 16.9 Å². The predicted molar refractivity (Wildman–Crippen MR) is 75.2 cm³/mol. The topological polar surface area (TPSA) is 103 Å². The lowest BCUT2D eigenvalue weighted by Crippen LogP contribution is -2.39. The SMILES string of the molecule is CCCN1CCOC(c2noc(-c3nccnc3N)n2)C1. The number of anilines is 1. The summed E-state index contributed by atoms with van der Waals surface area (Å²) < 4.78 is 11.0. The Labute approximate surface area is 122 Å².